The van der Waals surface area contributed by atoms with E-state index in [9.17, 15) is 9.59 Å². The smallest absolute Gasteiger partial charge is 0.243 e. The summed E-state index contributed by atoms with van der Waals surface area (Å²) in [6, 6.07) is 11.8. The molecule has 2 heterocycles. The third kappa shape index (κ3) is 3.51. The van der Waals surface area contributed by atoms with Gasteiger partial charge in [-0.3, -0.25) is 9.59 Å². The van der Waals surface area contributed by atoms with Gasteiger partial charge in [0, 0.05) is 10.9 Å². The summed E-state index contributed by atoms with van der Waals surface area (Å²) in [5.41, 5.74) is 0.839. The van der Waals surface area contributed by atoms with Gasteiger partial charge in [0.1, 0.15) is 12.3 Å². The van der Waals surface area contributed by atoms with E-state index in [0.29, 0.717) is 12.3 Å². The van der Waals surface area contributed by atoms with E-state index in [1.54, 1.807) is 11.2 Å². The second-order valence-electron chi connectivity index (χ2n) is 6.78. The minimum atomic E-state index is -0.0108. The maximum atomic E-state index is 13.2. The third-order valence-corrected chi connectivity index (χ3v) is 6.14. The molecule has 1 aromatic carbocycles. The quantitative estimate of drug-likeness (QED) is 0.805. The van der Waals surface area contributed by atoms with Crippen LogP contribution in [0.3, 0.4) is 0 Å². The minimum absolute atomic E-state index is 0.00794. The second-order valence-corrected chi connectivity index (χ2v) is 7.79. The van der Waals surface area contributed by atoms with E-state index < -0.39 is 0 Å². The van der Waals surface area contributed by atoms with Gasteiger partial charge in [-0.1, -0.05) is 25.0 Å². The summed E-state index contributed by atoms with van der Waals surface area (Å²) in [6.07, 6.45) is 5.97. The van der Waals surface area contributed by atoms with Crippen molar-refractivity contribution in [3.8, 4) is 0 Å². The highest BCUT2D eigenvalue weighted by Gasteiger charge is 2.32. The molecular weight excluding hydrogens is 348 g/mol. The fourth-order valence-electron chi connectivity index (χ4n) is 3.76. The molecule has 1 aliphatic heterocycles. The first kappa shape index (κ1) is 17.2. The van der Waals surface area contributed by atoms with Gasteiger partial charge in [-0.2, -0.15) is 0 Å². The van der Waals surface area contributed by atoms with Gasteiger partial charge in [-0.25, -0.2) is 0 Å². The summed E-state index contributed by atoms with van der Waals surface area (Å²) in [6.45, 7) is 0.558. The molecule has 0 radical (unpaired) electrons. The summed E-state index contributed by atoms with van der Waals surface area (Å²) in [5.74, 6) is 1.15. The highest BCUT2D eigenvalue weighted by Crippen LogP contribution is 2.35. The van der Waals surface area contributed by atoms with Crippen LogP contribution in [-0.2, 0) is 16.1 Å². The number of carbonyl (C=O) groups excluding carboxylic acids is 2. The number of hydrogen-bond donors (Lipinski definition) is 0. The van der Waals surface area contributed by atoms with Crippen molar-refractivity contribution in [2.24, 2.45) is 0 Å². The lowest BCUT2D eigenvalue weighted by atomic mass is 10.2. The van der Waals surface area contributed by atoms with Crippen molar-refractivity contribution in [3.05, 3.63) is 48.4 Å². The Balaban J connectivity index is 1.55. The van der Waals surface area contributed by atoms with Crippen LogP contribution < -0.4 is 4.90 Å². The second kappa shape index (κ2) is 7.58. The molecule has 2 amide bonds. The van der Waals surface area contributed by atoms with Crippen LogP contribution in [0, 0.1) is 0 Å². The van der Waals surface area contributed by atoms with E-state index >= 15 is 0 Å². The highest BCUT2D eigenvalue weighted by atomic mass is 32.2. The number of furan rings is 1. The summed E-state index contributed by atoms with van der Waals surface area (Å²) >= 11 is 1.53. The third-order valence-electron chi connectivity index (χ3n) is 5.09. The van der Waals surface area contributed by atoms with E-state index in [1.807, 2.05) is 41.3 Å². The Morgan fingerprint density at radius 3 is 2.77 bits per heavy atom. The van der Waals surface area contributed by atoms with E-state index in [0.717, 1.165) is 42.0 Å². The molecule has 6 heteroatoms. The molecule has 0 bridgehead atoms. The summed E-state index contributed by atoms with van der Waals surface area (Å²) in [7, 11) is 0. The number of fused-ring (bicyclic) bond motifs is 1. The van der Waals surface area contributed by atoms with Crippen molar-refractivity contribution in [1.82, 2.24) is 4.90 Å². The maximum absolute atomic E-state index is 13.2. The lowest BCUT2D eigenvalue weighted by Crippen LogP contribution is -2.47. The van der Waals surface area contributed by atoms with E-state index in [2.05, 4.69) is 0 Å². The number of para-hydroxylation sites is 1. The largest absolute Gasteiger partial charge is 0.467 e. The van der Waals surface area contributed by atoms with Crippen molar-refractivity contribution in [3.63, 3.8) is 0 Å². The average molecular weight is 370 g/mol. The summed E-state index contributed by atoms with van der Waals surface area (Å²) in [5, 5.41) is 0. The van der Waals surface area contributed by atoms with Crippen LogP contribution in [0.4, 0.5) is 5.69 Å². The number of anilines is 1. The van der Waals surface area contributed by atoms with E-state index in [1.165, 1.54) is 11.8 Å². The summed E-state index contributed by atoms with van der Waals surface area (Å²) in [4.78, 5) is 30.2. The van der Waals surface area contributed by atoms with Crippen molar-refractivity contribution in [1.29, 1.82) is 0 Å². The molecule has 0 unspecified atom stereocenters. The Morgan fingerprint density at radius 1 is 1.19 bits per heavy atom. The van der Waals surface area contributed by atoms with Gasteiger partial charge in [0.2, 0.25) is 11.8 Å². The van der Waals surface area contributed by atoms with E-state index in [-0.39, 0.29) is 24.4 Å². The molecule has 0 atom stereocenters. The first-order valence-electron chi connectivity index (χ1n) is 9.06. The normalized spacial score (nSPS) is 17.4. The van der Waals surface area contributed by atoms with Crippen molar-refractivity contribution in [2.75, 3.05) is 17.2 Å². The first-order chi connectivity index (χ1) is 12.7. The van der Waals surface area contributed by atoms with Crippen LogP contribution in [0.5, 0.6) is 0 Å². The van der Waals surface area contributed by atoms with Crippen LogP contribution in [0.2, 0.25) is 0 Å². The highest BCUT2D eigenvalue weighted by molar-refractivity contribution is 8.00. The molecule has 2 aromatic rings. The van der Waals surface area contributed by atoms with Crippen LogP contribution in [0.15, 0.2) is 52.0 Å². The Morgan fingerprint density at radius 2 is 2.00 bits per heavy atom. The van der Waals surface area contributed by atoms with Crippen LogP contribution in [-0.4, -0.2) is 35.1 Å². The fraction of sp³-hybridized carbons (Fsp3) is 0.400. The minimum Gasteiger partial charge on any atom is -0.467 e. The molecule has 2 aliphatic rings. The number of amides is 2. The fourth-order valence-corrected chi connectivity index (χ4v) is 4.70. The van der Waals surface area contributed by atoms with Crippen LogP contribution in [0.1, 0.15) is 31.4 Å². The van der Waals surface area contributed by atoms with Gasteiger partial charge in [0.15, 0.2) is 0 Å². The molecule has 26 heavy (non-hydrogen) atoms. The maximum Gasteiger partial charge on any atom is 0.243 e. The Hall–Kier alpha value is -2.21. The summed E-state index contributed by atoms with van der Waals surface area (Å²) < 4.78 is 5.46. The first-order valence-corrected chi connectivity index (χ1v) is 10.0. The molecule has 5 nitrogen and oxygen atoms in total. The lowest BCUT2D eigenvalue weighted by Gasteiger charge is -2.33. The number of thioether (sulfide) groups is 1. The molecule has 1 saturated carbocycles. The number of nitrogens with zero attached hydrogens (tertiary/aromatic N) is 2. The number of hydrogen-bond acceptors (Lipinski definition) is 4. The molecule has 0 saturated heterocycles. The molecular formula is C20H22N2O3S. The topological polar surface area (TPSA) is 53.8 Å². The zero-order valence-corrected chi connectivity index (χ0v) is 15.4. The van der Waals surface area contributed by atoms with Gasteiger partial charge in [0.25, 0.3) is 0 Å². The standard InChI is InChI=1S/C20H22N2O3S/c23-19(13-22-17-9-3-4-10-18(17)26-14-20(22)24)21(15-6-1-2-7-15)12-16-8-5-11-25-16/h3-5,8-11,15H,1-2,6-7,12-14H2. The van der Waals surface area contributed by atoms with E-state index in [4.69, 9.17) is 4.42 Å². The number of carbonyl (C=O) groups is 2. The Bertz CT molecular complexity index is 784. The van der Waals surface area contributed by atoms with Crippen LogP contribution in [0.25, 0.3) is 0 Å². The predicted octanol–water partition coefficient (Wildman–Crippen LogP) is 3.69. The van der Waals surface area contributed by atoms with Crippen molar-refractivity contribution < 1.29 is 14.0 Å². The van der Waals surface area contributed by atoms with Crippen molar-refractivity contribution >= 4 is 29.3 Å². The predicted molar refractivity (Wildman–Crippen MR) is 101 cm³/mol. The zero-order chi connectivity index (χ0) is 17.9. The molecule has 0 spiro atoms. The molecule has 1 fully saturated rings. The average Bonchev–Trinajstić information content (AvgIpc) is 3.35. The monoisotopic (exact) mass is 370 g/mol. The SMILES string of the molecule is O=C1CSc2ccccc2N1CC(=O)N(Cc1ccco1)C1CCCC1. The molecule has 136 valence electrons. The van der Waals surface area contributed by atoms with Gasteiger partial charge >= 0.3 is 0 Å². The van der Waals surface area contributed by atoms with Gasteiger partial charge < -0.3 is 14.2 Å². The molecule has 1 aliphatic carbocycles. The van der Waals surface area contributed by atoms with Gasteiger partial charge in [-0.05, 0) is 37.1 Å². The lowest BCUT2D eigenvalue weighted by molar-refractivity contribution is -0.134. The van der Waals surface area contributed by atoms with Crippen LogP contribution >= 0.6 is 11.8 Å². The molecule has 4 rings (SSSR count). The number of rotatable bonds is 5. The number of benzene rings is 1. The van der Waals surface area contributed by atoms with Crippen molar-refractivity contribution in [2.45, 2.75) is 43.2 Å². The Kier molecular flexibility index (Phi) is 5.02. The zero-order valence-electron chi connectivity index (χ0n) is 14.6. The Labute approximate surface area is 157 Å². The molecule has 0 N–H and O–H groups in total. The van der Waals surface area contributed by atoms with Gasteiger partial charge in [0.05, 0.1) is 24.2 Å². The molecule has 1 aromatic heterocycles. The van der Waals surface area contributed by atoms with Gasteiger partial charge in [-0.15, -0.1) is 11.8 Å².